The topological polar surface area (TPSA) is 29.1 Å². The molecule has 2 aromatic rings. The normalized spacial score (nSPS) is 10.3. The van der Waals surface area contributed by atoms with Gasteiger partial charge in [-0.05, 0) is 35.0 Å². The molecule has 0 heterocycles. The fourth-order valence-corrected chi connectivity index (χ4v) is 1.68. The van der Waals surface area contributed by atoms with E-state index in [1.54, 1.807) is 13.1 Å². The van der Waals surface area contributed by atoms with Gasteiger partial charge in [-0.1, -0.05) is 23.7 Å². The lowest BCUT2D eigenvalue weighted by Gasteiger charge is -2.02. The molecule has 0 bridgehead atoms. The van der Waals surface area contributed by atoms with Gasteiger partial charge in [0.2, 0.25) is 0 Å². The van der Waals surface area contributed by atoms with Crippen molar-refractivity contribution in [1.29, 1.82) is 0 Å². The lowest BCUT2D eigenvalue weighted by Crippen LogP contribution is -2.17. The molecule has 0 radical (unpaired) electrons. The van der Waals surface area contributed by atoms with Crippen LogP contribution in [0.15, 0.2) is 36.4 Å². The van der Waals surface area contributed by atoms with E-state index in [2.05, 4.69) is 5.32 Å². The Bertz CT molecular complexity index is 522. The van der Waals surface area contributed by atoms with Crippen LogP contribution in [0.5, 0.6) is 0 Å². The minimum absolute atomic E-state index is 0.0770. The van der Waals surface area contributed by atoms with E-state index in [0.717, 1.165) is 10.8 Å². The van der Waals surface area contributed by atoms with Crippen LogP contribution in [0.3, 0.4) is 0 Å². The second-order valence-corrected chi connectivity index (χ2v) is 3.72. The maximum Gasteiger partial charge on any atom is 0.251 e. The number of nitrogens with one attached hydrogen (secondary N) is 1. The summed E-state index contributed by atoms with van der Waals surface area (Å²) in [6.07, 6.45) is 0. The largest absolute Gasteiger partial charge is 0.355 e. The van der Waals surface area contributed by atoms with Crippen LogP contribution < -0.4 is 5.32 Å². The van der Waals surface area contributed by atoms with Gasteiger partial charge in [0, 0.05) is 17.6 Å². The number of carbonyl (C=O) groups is 1. The van der Waals surface area contributed by atoms with Gasteiger partial charge < -0.3 is 5.32 Å². The molecule has 0 aromatic heterocycles. The average molecular weight is 220 g/mol. The SMILES string of the molecule is CNC(=O)c1ccc2cc(Cl)ccc2c1. The van der Waals surface area contributed by atoms with Crippen molar-refractivity contribution < 1.29 is 4.79 Å². The minimum atomic E-state index is -0.0770. The van der Waals surface area contributed by atoms with Gasteiger partial charge in [0.1, 0.15) is 0 Å². The molecule has 2 rings (SSSR count). The summed E-state index contributed by atoms with van der Waals surface area (Å²) >= 11 is 5.87. The molecule has 76 valence electrons. The molecule has 15 heavy (non-hydrogen) atoms. The molecule has 0 atom stereocenters. The first-order valence-corrected chi connectivity index (χ1v) is 5.00. The molecule has 0 aliphatic heterocycles. The lowest BCUT2D eigenvalue weighted by molar-refractivity contribution is 0.0963. The fourth-order valence-electron chi connectivity index (χ4n) is 1.50. The molecule has 0 saturated heterocycles. The summed E-state index contributed by atoms with van der Waals surface area (Å²) in [6, 6.07) is 11.1. The van der Waals surface area contributed by atoms with Gasteiger partial charge >= 0.3 is 0 Å². The van der Waals surface area contributed by atoms with Crippen molar-refractivity contribution in [3.05, 3.63) is 47.0 Å². The molecule has 3 heteroatoms. The van der Waals surface area contributed by atoms with Crippen molar-refractivity contribution >= 4 is 28.3 Å². The third kappa shape index (κ3) is 1.95. The molecule has 1 amide bonds. The standard InChI is InChI=1S/C12H10ClNO/c1-14-12(15)10-3-2-9-7-11(13)5-4-8(9)6-10/h2-7H,1H3,(H,14,15). The minimum Gasteiger partial charge on any atom is -0.355 e. The van der Waals surface area contributed by atoms with E-state index in [-0.39, 0.29) is 5.91 Å². The summed E-state index contributed by atoms with van der Waals surface area (Å²) in [6.45, 7) is 0. The Balaban J connectivity index is 2.57. The summed E-state index contributed by atoms with van der Waals surface area (Å²) < 4.78 is 0. The van der Waals surface area contributed by atoms with E-state index in [9.17, 15) is 4.79 Å². The Morgan fingerprint density at radius 2 is 1.80 bits per heavy atom. The fraction of sp³-hybridized carbons (Fsp3) is 0.0833. The monoisotopic (exact) mass is 219 g/mol. The van der Waals surface area contributed by atoms with Crippen LogP contribution in [-0.2, 0) is 0 Å². The highest BCUT2D eigenvalue weighted by Crippen LogP contribution is 2.20. The third-order valence-electron chi connectivity index (χ3n) is 2.29. The Kier molecular flexibility index (Phi) is 2.60. The van der Waals surface area contributed by atoms with Gasteiger partial charge in [-0.25, -0.2) is 0 Å². The van der Waals surface area contributed by atoms with E-state index in [0.29, 0.717) is 10.6 Å². The Morgan fingerprint density at radius 3 is 2.53 bits per heavy atom. The third-order valence-corrected chi connectivity index (χ3v) is 2.53. The first-order valence-electron chi connectivity index (χ1n) is 4.62. The number of hydrogen-bond donors (Lipinski definition) is 1. The zero-order valence-corrected chi connectivity index (χ0v) is 9.01. The molecule has 0 aliphatic rings. The molecule has 0 aliphatic carbocycles. The second-order valence-electron chi connectivity index (χ2n) is 3.29. The number of rotatable bonds is 1. The second kappa shape index (κ2) is 3.91. The maximum absolute atomic E-state index is 11.4. The smallest absolute Gasteiger partial charge is 0.251 e. The summed E-state index contributed by atoms with van der Waals surface area (Å²) in [5.74, 6) is -0.0770. The summed E-state index contributed by atoms with van der Waals surface area (Å²) in [5.41, 5.74) is 0.660. The zero-order chi connectivity index (χ0) is 10.8. The molecule has 0 saturated carbocycles. The van der Waals surface area contributed by atoms with Gasteiger partial charge in [0.25, 0.3) is 5.91 Å². The van der Waals surface area contributed by atoms with E-state index in [1.807, 2.05) is 30.3 Å². The van der Waals surface area contributed by atoms with E-state index >= 15 is 0 Å². The van der Waals surface area contributed by atoms with E-state index in [1.165, 1.54) is 0 Å². The zero-order valence-electron chi connectivity index (χ0n) is 8.25. The van der Waals surface area contributed by atoms with Crippen LogP contribution in [0.2, 0.25) is 5.02 Å². The molecule has 2 nitrogen and oxygen atoms in total. The number of hydrogen-bond acceptors (Lipinski definition) is 1. The highest BCUT2D eigenvalue weighted by atomic mass is 35.5. The highest BCUT2D eigenvalue weighted by Gasteiger charge is 2.03. The van der Waals surface area contributed by atoms with Crippen LogP contribution in [0.4, 0.5) is 0 Å². The number of benzene rings is 2. The van der Waals surface area contributed by atoms with Crippen LogP contribution >= 0.6 is 11.6 Å². The molecule has 1 N–H and O–H groups in total. The molecular formula is C12H10ClNO. The molecule has 0 fully saturated rings. The van der Waals surface area contributed by atoms with Crippen molar-refractivity contribution in [2.45, 2.75) is 0 Å². The summed E-state index contributed by atoms with van der Waals surface area (Å²) in [7, 11) is 1.62. The molecular weight excluding hydrogens is 210 g/mol. The van der Waals surface area contributed by atoms with Gasteiger partial charge in [0.05, 0.1) is 0 Å². The Hall–Kier alpha value is -1.54. The first-order chi connectivity index (χ1) is 7.20. The molecule has 2 aromatic carbocycles. The van der Waals surface area contributed by atoms with Crippen LogP contribution in [0.1, 0.15) is 10.4 Å². The number of fused-ring (bicyclic) bond motifs is 1. The number of halogens is 1. The van der Waals surface area contributed by atoms with Crippen molar-refractivity contribution in [3.63, 3.8) is 0 Å². The predicted octanol–water partition coefficient (Wildman–Crippen LogP) is 2.85. The van der Waals surface area contributed by atoms with Crippen molar-refractivity contribution in [1.82, 2.24) is 5.32 Å². The lowest BCUT2D eigenvalue weighted by atomic mass is 10.1. The van der Waals surface area contributed by atoms with Crippen LogP contribution in [-0.4, -0.2) is 13.0 Å². The van der Waals surface area contributed by atoms with Gasteiger partial charge in [0.15, 0.2) is 0 Å². The van der Waals surface area contributed by atoms with Crippen LogP contribution in [0.25, 0.3) is 10.8 Å². The predicted molar refractivity (Wildman–Crippen MR) is 62.3 cm³/mol. The van der Waals surface area contributed by atoms with Crippen molar-refractivity contribution in [3.8, 4) is 0 Å². The van der Waals surface area contributed by atoms with Crippen molar-refractivity contribution in [2.24, 2.45) is 0 Å². The van der Waals surface area contributed by atoms with Gasteiger partial charge in [-0.15, -0.1) is 0 Å². The quantitative estimate of drug-likeness (QED) is 0.785. The maximum atomic E-state index is 11.4. The Labute approximate surface area is 92.9 Å². The van der Waals surface area contributed by atoms with E-state index < -0.39 is 0 Å². The average Bonchev–Trinajstić information content (AvgIpc) is 2.27. The number of carbonyl (C=O) groups excluding carboxylic acids is 1. The summed E-state index contributed by atoms with van der Waals surface area (Å²) in [5, 5.41) is 5.35. The number of amides is 1. The van der Waals surface area contributed by atoms with Gasteiger partial charge in [-0.2, -0.15) is 0 Å². The first kappa shape index (κ1) is 9.99. The molecule has 0 unspecified atom stereocenters. The van der Waals surface area contributed by atoms with E-state index in [4.69, 9.17) is 11.6 Å². The van der Waals surface area contributed by atoms with Crippen molar-refractivity contribution in [2.75, 3.05) is 7.05 Å². The van der Waals surface area contributed by atoms with Gasteiger partial charge in [-0.3, -0.25) is 4.79 Å². The molecule has 0 spiro atoms. The highest BCUT2D eigenvalue weighted by molar-refractivity contribution is 6.31. The summed E-state index contributed by atoms with van der Waals surface area (Å²) in [4.78, 5) is 11.4. The Morgan fingerprint density at radius 1 is 1.13 bits per heavy atom. The van der Waals surface area contributed by atoms with Crippen LogP contribution in [0, 0.1) is 0 Å².